The van der Waals surface area contributed by atoms with Gasteiger partial charge in [0.1, 0.15) is 11.6 Å². The number of rotatable bonds is 3. The zero-order valence-electron chi connectivity index (χ0n) is 10.9. The number of imidazole rings is 1. The Morgan fingerprint density at radius 1 is 1.14 bits per heavy atom. The highest BCUT2D eigenvalue weighted by Crippen LogP contribution is 2.24. The Kier molecular flexibility index (Phi) is 3.23. The molecule has 1 heterocycles. The fourth-order valence-electron chi connectivity index (χ4n) is 2.08. The van der Waals surface area contributed by atoms with E-state index in [1.54, 1.807) is 42.6 Å². The van der Waals surface area contributed by atoms with E-state index in [4.69, 9.17) is 5.11 Å². The average molecular weight is 282 g/mol. The third-order valence-corrected chi connectivity index (χ3v) is 3.13. The van der Waals surface area contributed by atoms with Crippen molar-refractivity contribution in [2.45, 2.75) is 0 Å². The van der Waals surface area contributed by atoms with Gasteiger partial charge in [-0.3, -0.25) is 0 Å². The molecule has 0 fully saturated rings. The molecule has 2 aromatic carbocycles. The quantitative estimate of drug-likeness (QED) is 0.771. The normalized spacial score (nSPS) is 10.5. The van der Waals surface area contributed by atoms with Crippen molar-refractivity contribution in [2.24, 2.45) is 0 Å². The lowest BCUT2D eigenvalue weighted by molar-refractivity contribution is 0.0697. The molecule has 0 radical (unpaired) electrons. The van der Waals surface area contributed by atoms with Gasteiger partial charge in [0.2, 0.25) is 0 Å². The first-order valence-corrected chi connectivity index (χ1v) is 6.29. The van der Waals surface area contributed by atoms with Crippen molar-refractivity contribution in [3.8, 4) is 22.6 Å². The van der Waals surface area contributed by atoms with E-state index in [2.05, 4.69) is 9.97 Å². The predicted octanol–water partition coefficient (Wildman–Crippen LogP) is 3.58. The molecule has 0 aliphatic rings. The number of hydrogen-bond acceptors (Lipinski definition) is 2. The molecule has 0 unspecified atom stereocenters. The summed E-state index contributed by atoms with van der Waals surface area (Å²) < 4.78 is 13.7. The average Bonchev–Trinajstić information content (AvgIpc) is 2.97. The minimum absolute atomic E-state index is 0.189. The monoisotopic (exact) mass is 282 g/mol. The summed E-state index contributed by atoms with van der Waals surface area (Å²) in [5.41, 5.74) is 1.88. The highest BCUT2D eigenvalue weighted by molar-refractivity contribution is 5.89. The zero-order chi connectivity index (χ0) is 14.8. The van der Waals surface area contributed by atoms with E-state index >= 15 is 0 Å². The topological polar surface area (TPSA) is 66.0 Å². The lowest BCUT2D eigenvalue weighted by atomic mass is 10.1. The molecular weight excluding hydrogens is 271 g/mol. The van der Waals surface area contributed by atoms with Crippen LogP contribution in [0.15, 0.2) is 54.7 Å². The molecular formula is C16H11FN2O2. The van der Waals surface area contributed by atoms with Crippen LogP contribution in [0.4, 0.5) is 4.39 Å². The van der Waals surface area contributed by atoms with Crippen molar-refractivity contribution in [2.75, 3.05) is 0 Å². The number of benzene rings is 2. The van der Waals surface area contributed by atoms with Crippen LogP contribution in [-0.2, 0) is 0 Å². The van der Waals surface area contributed by atoms with Gasteiger partial charge in [-0.15, -0.1) is 0 Å². The van der Waals surface area contributed by atoms with E-state index in [1.807, 2.05) is 0 Å². The fraction of sp³-hybridized carbons (Fsp3) is 0. The smallest absolute Gasteiger partial charge is 0.335 e. The van der Waals surface area contributed by atoms with E-state index in [0.29, 0.717) is 22.6 Å². The molecule has 4 nitrogen and oxygen atoms in total. The van der Waals surface area contributed by atoms with Gasteiger partial charge in [-0.1, -0.05) is 24.3 Å². The lowest BCUT2D eigenvalue weighted by Crippen LogP contribution is -1.95. The second-order valence-electron chi connectivity index (χ2n) is 4.51. The first-order chi connectivity index (χ1) is 10.1. The Bertz CT molecular complexity index is 811. The van der Waals surface area contributed by atoms with Crippen LogP contribution in [0.5, 0.6) is 0 Å². The Hall–Kier alpha value is -2.95. The summed E-state index contributed by atoms with van der Waals surface area (Å²) in [6.45, 7) is 0. The van der Waals surface area contributed by atoms with E-state index in [-0.39, 0.29) is 11.4 Å². The number of nitrogens with zero attached hydrogens (tertiary/aromatic N) is 1. The second kappa shape index (κ2) is 5.20. The molecule has 1 aromatic heterocycles. The van der Waals surface area contributed by atoms with Gasteiger partial charge in [0.25, 0.3) is 0 Å². The highest BCUT2D eigenvalue weighted by atomic mass is 19.1. The number of hydrogen-bond donors (Lipinski definition) is 2. The van der Waals surface area contributed by atoms with E-state index in [0.717, 1.165) is 0 Å². The summed E-state index contributed by atoms with van der Waals surface area (Å²) in [4.78, 5) is 18.1. The Balaban J connectivity index is 2.01. The SMILES string of the molecule is O=C(O)c1cccc(-c2cnc(-c3ccccc3F)[nH]2)c1. The number of carboxylic acid groups (broad SMARTS) is 1. The van der Waals surface area contributed by atoms with Crippen LogP contribution in [-0.4, -0.2) is 21.0 Å². The van der Waals surface area contributed by atoms with Gasteiger partial charge in [-0.2, -0.15) is 0 Å². The molecule has 21 heavy (non-hydrogen) atoms. The van der Waals surface area contributed by atoms with Crippen molar-refractivity contribution in [1.82, 2.24) is 9.97 Å². The molecule has 3 aromatic rings. The first-order valence-electron chi connectivity index (χ1n) is 6.29. The molecule has 0 bridgehead atoms. The van der Waals surface area contributed by atoms with Crippen molar-refractivity contribution in [1.29, 1.82) is 0 Å². The van der Waals surface area contributed by atoms with Gasteiger partial charge in [0.15, 0.2) is 0 Å². The van der Waals surface area contributed by atoms with Crippen LogP contribution >= 0.6 is 0 Å². The zero-order valence-corrected chi connectivity index (χ0v) is 10.9. The van der Waals surface area contributed by atoms with Crippen LogP contribution in [0.25, 0.3) is 22.6 Å². The number of H-pyrrole nitrogens is 1. The number of halogens is 1. The molecule has 104 valence electrons. The third-order valence-electron chi connectivity index (χ3n) is 3.13. The standard InChI is InChI=1S/C16H11FN2O2/c17-13-7-2-1-6-12(13)15-18-9-14(19-15)10-4-3-5-11(8-10)16(20)21/h1-9H,(H,18,19)(H,20,21). The van der Waals surface area contributed by atoms with Crippen LogP contribution in [0, 0.1) is 5.82 Å². The summed E-state index contributed by atoms with van der Waals surface area (Å²) >= 11 is 0. The summed E-state index contributed by atoms with van der Waals surface area (Å²) in [7, 11) is 0. The van der Waals surface area contributed by atoms with Crippen LogP contribution in [0.3, 0.4) is 0 Å². The predicted molar refractivity (Wildman–Crippen MR) is 76.4 cm³/mol. The molecule has 0 atom stereocenters. The molecule has 0 saturated carbocycles. The van der Waals surface area contributed by atoms with Crippen molar-refractivity contribution in [3.05, 3.63) is 66.1 Å². The van der Waals surface area contributed by atoms with E-state index < -0.39 is 5.97 Å². The van der Waals surface area contributed by atoms with Crippen molar-refractivity contribution < 1.29 is 14.3 Å². The lowest BCUT2D eigenvalue weighted by Gasteiger charge is -2.00. The minimum Gasteiger partial charge on any atom is -0.478 e. The molecule has 0 aliphatic carbocycles. The number of nitrogens with one attached hydrogen (secondary N) is 1. The number of aromatic nitrogens is 2. The van der Waals surface area contributed by atoms with Gasteiger partial charge in [0.05, 0.1) is 23.0 Å². The van der Waals surface area contributed by atoms with Crippen LogP contribution in [0.2, 0.25) is 0 Å². The van der Waals surface area contributed by atoms with Gasteiger partial charge >= 0.3 is 5.97 Å². The van der Waals surface area contributed by atoms with Gasteiger partial charge in [0, 0.05) is 5.56 Å². The van der Waals surface area contributed by atoms with Crippen molar-refractivity contribution >= 4 is 5.97 Å². The number of carbonyl (C=O) groups is 1. The molecule has 0 spiro atoms. The largest absolute Gasteiger partial charge is 0.478 e. The summed E-state index contributed by atoms with van der Waals surface area (Å²) in [5.74, 6) is -0.952. The summed E-state index contributed by atoms with van der Waals surface area (Å²) in [6.07, 6.45) is 1.56. The van der Waals surface area contributed by atoms with Gasteiger partial charge in [-0.25, -0.2) is 14.2 Å². The van der Waals surface area contributed by atoms with E-state index in [9.17, 15) is 9.18 Å². The molecule has 2 N–H and O–H groups in total. The highest BCUT2D eigenvalue weighted by Gasteiger charge is 2.10. The second-order valence-corrected chi connectivity index (χ2v) is 4.51. The van der Waals surface area contributed by atoms with Gasteiger partial charge in [-0.05, 0) is 24.3 Å². The summed E-state index contributed by atoms with van der Waals surface area (Å²) in [6, 6.07) is 12.8. The molecule has 5 heteroatoms. The number of aromatic amines is 1. The maximum Gasteiger partial charge on any atom is 0.335 e. The maximum atomic E-state index is 13.7. The molecule has 0 amide bonds. The Morgan fingerprint density at radius 2 is 1.95 bits per heavy atom. The summed E-state index contributed by atoms with van der Waals surface area (Å²) in [5, 5.41) is 9.00. The first kappa shape index (κ1) is 13.1. The fourth-order valence-corrected chi connectivity index (χ4v) is 2.08. The maximum absolute atomic E-state index is 13.7. The minimum atomic E-state index is -0.995. The van der Waals surface area contributed by atoms with Crippen LogP contribution in [0.1, 0.15) is 10.4 Å². The number of aromatic carboxylic acids is 1. The number of carboxylic acids is 1. The molecule has 0 saturated heterocycles. The third kappa shape index (κ3) is 2.53. The molecule has 3 rings (SSSR count). The van der Waals surface area contributed by atoms with Crippen LogP contribution < -0.4 is 0 Å². The van der Waals surface area contributed by atoms with Gasteiger partial charge < -0.3 is 10.1 Å². The Labute approximate surface area is 119 Å². The molecule has 0 aliphatic heterocycles. The van der Waals surface area contributed by atoms with E-state index in [1.165, 1.54) is 12.1 Å². The van der Waals surface area contributed by atoms with Crippen molar-refractivity contribution in [3.63, 3.8) is 0 Å². The Morgan fingerprint density at radius 3 is 2.71 bits per heavy atom.